The average Bonchev–Trinajstić information content (AvgIpc) is 2.07. The third-order valence-corrected chi connectivity index (χ3v) is 1.71. The van der Waals surface area contributed by atoms with Gasteiger partial charge in [0.1, 0.15) is 5.69 Å². The van der Waals surface area contributed by atoms with Crippen LogP contribution in [0.3, 0.4) is 0 Å². The van der Waals surface area contributed by atoms with Crippen LogP contribution in [0.25, 0.3) is 0 Å². The van der Waals surface area contributed by atoms with Crippen LogP contribution in [-0.4, -0.2) is 27.3 Å². The standard InChI is InChI=1S/C9H12N2O3/c1-5(12)9-7(10)3-2-6(11-9)4-8(13)14/h2-3,8,13-14H,4,10H2,1H3. The summed E-state index contributed by atoms with van der Waals surface area (Å²) in [6.07, 6.45) is -1.48. The molecule has 76 valence electrons. The number of aliphatic hydroxyl groups is 2. The molecule has 14 heavy (non-hydrogen) atoms. The van der Waals surface area contributed by atoms with E-state index in [2.05, 4.69) is 4.98 Å². The molecule has 0 spiro atoms. The minimum absolute atomic E-state index is 0.0133. The summed E-state index contributed by atoms with van der Waals surface area (Å²) in [6.45, 7) is 1.36. The predicted octanol–water partition coefficient (Wildman–Crippen LogP) is -0.280. The van der Waals surface area contributed by atoms with Gasteiger partial charge >= 0.3 is 0 Å². The van der Waals surface area contributed by atoms with Gasteiger partial charge in [-0.25, -0.2) is 4.98 Å². The molecule has 0 bridgehead atoms. The first-order valence-corrected chi connectivity index (χ1v) is 4.13. The summed E-state index contributed by atoms with van der Waals surface area (Å²) in [7, 11) is 0. The van der Waals surface area contributed by atoms with Crippen molar-refractivity contribution >= 4 is 11.5 Å². The normalized spacial score (nSPS) is 10.6. The van der Waals surface area contributed by atoms with Crippen molar-refractivity contribution in [1.82, 2.24) is 4.98 Å². The quantitative estimate of drug-likeness (QED) is 0.456. The first-order chi connectivity index (χ1) is 6.50. The van der Waals surface area contributed by atoms with Crippen molar-refractivity contribution in [3.63, 3.8) is 0 Å². The number of nitrogens with zero attached hydrogens (tertiary/aromatic N) is 1. The lowest BCUT2D eigenvalue weighted by molar-refractivity contribution is -0.0388. The van der Waals surface area contributed by atoms with Crippen LogP contribution < -0.4 is 5.73 Å². The number of Topliss-reactive ketones (excluding diaryl/α,β-unsaturated/α-hetero) is 1. The van der Waals surface area contributed by atoms with E-state index in [4.69, 9.17) is 15.9 Å². The Hall–Kier alpha value is -1.46. The summed E-state index contributed by atoms with van der Waals surface area (Å²) in [6, 6.07) is 3.09. The highest BCUT2D eigenvalue weighted by Gasteiger charge is 2.09. The molecule has 0 aliphatic carbocycles. The molecule has 0 aliphatic heterocycles. The predicted molar refractivity (Wildman–Crippen MR) is 50.6 cm³/mol. The molecule has 5 heteroatoms. The van der Waals surface area contributed by atoms with E-state index in [9.17, 15) is 4.79 Å². The number of rotatable bonds is 3. The lowest BCUT2D eigenvalue weighted by Crippen LogP contribution is -2.12. The number of anilines is 1. The molecular weight excluding hydrogens is 184 g/mol. The number of aromatic nitrogens is 1. The largest absolute Gasteiger partial charge is 0.397 e. The second kappa shape index (κ2) is 4.17. The summed E-state index contributed by atoms with van der Waals surface area (Å²) in [5.74, 6) is -0.239. The van der Waals surface area contributed by atoms with Gasteiger partial charge in [0.25, 0.3) is 0 Å². The molecule has 0 aromatic carbocycles. The highest BCUT2D eigenvalue weighted by molar-refractivity contribution is 5.96. The van der Waals surface area contributed by atoms with Crippen LogP contribution in [0.1, 0.15) is 23.1 Å². The van der Waals surface area contributed by atoms with E-state index in [1.54, 1.807) is 6.07 Å². The molecule has 4 N–H and O–H groups in total. The van der Waals surface area contributed by atoms with E-state index in [1.807, 2.05) is 0 Å². The Bertz CT molecular complexity index is 350. The highest BCUT2D eigenvalue weighted by Crippen LogP contribution is 2.11. The van der Waals surface area contributed by atoms with Crippen molar-refractivity contribution < 1.29 is 15.0 Å². The van der Waals surface area contributed by atoms with Gasteiger partial charge < -0.3 is 15.9 Å². The molecule has 0 saturated carbocycles. The Morgan fingerprint density at radius 2 is 2.21 bits per heavy atom. The molecule has 0 unspecified atom stereocenters. The molecule has 5 nitrogen and oxygen atoms in total. The summed E-state index contributed by atoms with van der Waals surface area (Å²) in [5, 5.41) is 17.4. The van der Waals surface area contributed by atoms with Crippen molar-refractivity contribution in [3.05, 3.63) is 23.5 Å². The minimum Gasteiger partial charge on any atom is -0.397 e. The number of nitrogen functional groups attached to an aromatic ring is 1. The molecule has 0 amide bonds. The number of hydrogen-bond donors (Lipinski definition) is 3. The molecule has 1 rings (SSSR count). The maximum Gasteiger partial charge on any atom is 0.180 e. The van der Waals surface area contributed by atoms with Gasteiger partial charge in [0, 0.05) is 19.0 Å². The molecule has 1 aromatic rings. The van der Waals surface area contributed by atoms with Crippen molar-refractivity contribution in [2.75, 3.05) is 5.73 Å². The fourth-order valence-corrected chi connectivity index (χ4v) is 1.09. The van der Waals surface area contributed by atoms with Crippen LogP contribution >= 0.6 is 0 Å². The van der Waals surface area contributed by atoms with E-state index >= 15 is 0 Å². The fourth-order valence-electron chi connectivity index (χ4n) is 1.09. The van der Waals surface area contributed by atoms with Gasteiger partial charge in [-0.1, -0.05) is 0 Å². The number of carbonyl (C=O) groups excluding carboxylic acids is 1. The zero-order valence-corrected chi connectivity index (χ0v) is 7.77. The maximum absolute atomic E-state index is 11.0. The van der Waals surface area contributed by atoms with Crippen LogP contribution in [0.5, 0.6) is 0 Å². The number of pyridine rings is 1. The van der Waals surface area contributed by atoms with E-state index in [1.165, 1.54) is 13.0 Å². The smallest absolute Gasteiger partial charge is 0.180 e. The lowest BCUT2D eigenvalue weighted by atomic mass is 10.2. The molecule has 0 radical (unpaired) electrons. The van der Waals surface area contributed by atoms with Crippen molar-refractivity contribution in [2.24, 2.45) is 0 Å². The van der Waals surface area contributed by atoms with Crippen molar-refractivity contribution in [2.45, 2.75) is 19.6 Å². The highest BCUT2D eigenvalue weighted by atomic mass is 16.5. The van der Waals surface area contributed by atoms with E-state index in [0.29, 0.717) is 11.4 Å². The number of hydrogen-bond acceptors (Lipinski definition) is 5. The molecular formula is C9H12N2O3. The summed E-state index contributed by atoms with van der Waals surface area (Å²) >= 11 is 0. The zero-order valence-electron chi connectivity index (χ0n) is 7.77. The van der Waals surface area contributed by atoms with Gasteiger partial charge in [-0.3, -0.25) is 4.79 Å². The lowest BCUT2D eigenvalue weighted by Gasteiger charge is -2.06. The van der Waals surface area contributed by atoms with E-state index in [0.717, 1.165) is 0 Å². The summed E-state index contributed by atoms with van der Waals surface area (Å²) in [5.41, 5.74) is 6.41. The Kier molecular flexibility index (Phi) is 3.16. The number of aliphatic hydroxyl groups excluding tert-OH is 1. The van der Waals surface area contributed by atoms with Gasteiger partial charge in [-0.05, 0) is 12.1 Å². The third kappa shape index (κ3) is 2.51. The number of ketones is 1. The van der Waals surface area contributed by atoms with Gasteiger partial charge in [0.15, 0.2) is 12.1 Å². The van der Waals surface area contributed by atoms with Crippen molar-refractivity contribution in [3.8, 4) is 0 Å². The molecule has 0 atom stereocenters. The van der Waals surface area contributed by atoms with Crippen LogP contribution in [0.4, 0.5) is 5.69 Å². The Morgan fingerprint density at radius 3 is 2.71 bits per heavy atom. The van der Waals surface area contributed by atoms with Crippen LogP contribution in [0.2, 0.25) is 0 Å². The topological polar surface area (TPSA) is 96.4 Å². The number of nitrogens with two attached hydrogens (primary N) is 1. The van der Waals surface area contributed by atoms with Gasteiger partial charge in [0.05, 0.1) is 5.69 Å². The second-order valence-electron chi connectivity index (χ2n) is 2.98. The molecule has 1 aromatic heterocycles. The van der Waals surface area contributed by atoms with Crippen LogP contribution in [0, 0.1) is 0 Å². The fraction of sp³-hybridized carbons (Fsp3) is 0.333. The average molecular weight is 196 g/mol. The Labute approximate surface area is 81.2 Å². The van der Waals surface area contributed by atoms with Crippen LogP contribution in [-0.2, 0) is 6.42 Å². The van der Waals surface area contributed by atoms with E-state index in [-0.39, 0.29) is 17.9 Å². The van der Waals surface area contributed by atoms with Gasteiger partial charge in [-0.15, -0.1) is 0 Å². The SMILES string of the molecule is CC(=O)c1nc(CC(O)O)ccc1N. The first-order valence-electron chi connectivity index (χ1n) is 4.13. The molecule has 0 saturated heterocycles. The van der Waals surface area contributed by atoms with Gasteiger partial charge in [0.2, 0.25) is 0 Å². The minimum atomic E-state index is -1.47. The monoisotopic (exact) mass is 196 g/mol. The van der Waals surface area contributed by atoms with E-state index < -0.39 is 6.29 Å². The van der Waals surface area contributed by atoms with Crippen LogP contribution in [0.15, 0.2) is 12.1 Å². The Morgan fingerprint density at radius 1 is 1.57 bits per heavy atom. The van der Waals surface area contributed by atoms with Gasteiger partial charge in [-0.2, -0.15) is 0 Å². The molecule has 0 aliphatic rings. The molecule has 0 fully saturated rings. The summed E-state index contributed by atoms with van der Waals surface area (Å²) in [4.78, 5) is 15.0. The Balaban J connectivity index is 3.00. The summed E-state index contributed by atoms with van der Waals surface area (Å²) < 4.78 is 0. The molecule has 1 heterocycles. The zero-order chi connectivity index (χ0) is 10.7. The van der Waals surface area contributed by atoms with Crippen molar-refractivity contribution in [1.29, 1.82) is 0 Å². The first kappa shape index (κ1) is 10.6. The maximum atomic E-state index is 11.0. The second-order valence-corrected chi connectivity index (χ2v) is 2.98. The number of carbonyl (C=O) groups is 1. The third-order valence-electron chi connectivity index (χ3n) is 1.71.